The van der Waals surface area contributed by atoms with E-state index in [1.165, 1.54) is 0 Å². The monoisotopic (exact) mass is 276 g/mol. The van der Waals surface area contributed by atoms with E-state index in [0.29, 0.717) is 6.54 Å². The molecule has 1 aromatic rings. The number of anilines is 1. The van der Waals surface area contributed by atoms with E-state index in [1.807, 2.05) is 0 Å². The lowest BCUT2D eigenvalue weighted by molar-refractivity contribution is 0.449. The van der Waals surface area contributed by atoms with E-state index in [4.69, 9.17) is 5.73 Å². The molecular weight excluding hydrogens is 260 g/mol. The van der Waals surface area contributed by atoms with Crippen LogP contribution in [-0.4, -0.2) is 25.2 Å². The number of nitrogens with one attached hydrogen (secondary N) is 1. The number of hydrogen-bond acceptors (Lipinski definition) is 6. The van der Waals surface area contributed by atoms with Crippen LogP contribution in [0.25, 0.3) is 0 Å². The van der Waals surface area contributed by atoms with Crippen LogP contribution < -0.4 is 10.5 Å². The van der Waals surface area contributed by atoms with Crippen LogP contribution >= 0.6 is 11.3 Å². The quantitative estimate of drug-likeness (QED) is 0.807. The molecule has 96 valence electrons. The lowest BCUT2D eigenvalue weighted by Gasteiger charge is -2.13. The minimum Gasteiger partial charge on any atom is -0.374 e. The first-order valence-electron chi connectivity index (χ1n) is 5.56. The molecule has 1 aliphatic rings. The van der Waals surface area contributed by atoms with Crippen LogP contribution in [0.3, 0.4) is 0 Å². The smallest absolute Gasteiger partial charge is 0.269 e. The van der Waals surface area contributed by atoms with Crippen LogP contribution in [0, 0.1) is 5.41 Å². The zero-order valence-corrected chi connectivity index (χ0v) is 11.3. The van der Waals surface area contributed by atoms with Crippen molar-refractivity contribution in [2.45, 2.75) is 36.9 Å². The summed E-state index contributed by atoms with van der Waals surface area (Å²) in [4.78, 5) is 0. The molecule has 17 heavy (non-hydrogen) atoms. The summed E-state index contributed by atoms with van der Waals surface area (Å²) in [5.74, 6) is 0. The van der Waals surface area contributed by atoms with E-state index in [1.54, 1.807) is 0 Å². The first-order valence-corrected chi connectivity index (χ1v) is 7.86. The van der Waals surface area contributed by atoms with Crippen molar-refractivity contribution in [2.75, 3.05) is 12.3 Å². The molecule has 3 N–H and O–H groups in total. The Bertz CT molecular complexity index is 493. The predicted octanol–water partition coefficient (Wildman–Crippen LogP) is 0.979. The molecule has 0 unspecified atom stereocenters. The van der Waals surface area contributed by atoms with Crippen LogP contribution in [0.4, 0.5) is 5.13 Å². The van der Waals surface area contributed by atoms with Gasteiger partial charge < -0.3 is 5.73 Å². The molecule has 8 heteroatoms. The van der Waals surface area contributed by atoms with Gasteiger partial charge in [-0.1, -0.05) is 24.7 Å². The van der Waals surface area contributed by atoms with Gasteiger partial charge in [-0.15, -0.1) is 10.2 Å². The molecule has 0 spiro atoms. The maximum atomic E-state index is 11.9. The third kappa shape index (κ3) is 2.93. The highest BCUT2D eigenvalue weighted by Gasteiger charge is 2.42. The Balaban J connectivity index is 1.99. The van der Waals surface area contributed by atoms with Gasteiger partial charge in [-0.2, -0.15) is 0 Å². The van der Waals surface area contributed by atoms with Gasteiger partial charge >= 0.3 is 0 Å². The summed E-state index contributed by atoms with van der Waals surface area (Å²) in [6, 6.07) is 0. The Kier molecular flexibility index (Phi) is 3.37. The molecular formula is C9H16N4O2S2. The van der Waals surface area contributed by atoms with E-state index in [9.17, 15) is 8.42 Å². The Morgan fingerprint density at radius 2 is 2.18 bits per heavy atom. The summed E-state index contributed by atoms with van der Waals surface area (Å²) in [7, 11) is -3.54. The van der Waals surface area contributed by atoms with Crippen molar-refractivity contribution >= 4 is 26.5 Å². The third-order valence-corrected chi connectivity index (χ3v) is 5.55. The van der Waals surface area contributed by atoms with Crippen LogP contribution in [0.5, 0.6) is 0 Å². The molecule has 2 rings (SSSR count). The van der Waals surface area contributed by atoms with Gasteiger partial charge in [0, 0.05) is 6.54 Å². The van der Waals surface area contributed by atoms with Gasteiger partial charge in [-0.25, -0.2) is 13.1 Å². The predicted molar refractivity (Wildman–Crippen MR) is 66.1 cm³/mol. The summed E-state index contributed by atoms with van der Waals surface area (Å²) < 4.78 is 26.3. The first kappa shape index (κ1) is 12.7. The molecule has 1 aliphatic carbocycles. The molecule has 1 saturated carbocycles. The maximum Gasteiger partial charge on any atom is 0.269 e. The molecule has 0 aromatic carbocycles. The molecule has 6 nitrogen and oxygen atoms in total. The molecule has 0 saturated heterocycles. The van der Waals surface area contributed by atoms with Gasteiger partial charge in [0.05, 0.1) is 0 Å². The Morgan fingerprint density at radius 1 is 1.47 bits per heavy atom. The Hall–Kier alpha value is -0.730. The maximum absolute atomic E-state index is 11.9. The highest BCUT2D eigenvalue weighted by Crippen LogP contribution is 2.49. The van der Waals surface area contributed by atoms with E-state index < -0.39 is 10.0 Å². The number of nitrogens with zero attached hydrogens (tertiary/aromatic N) is 2. The second-order valence-corrected chi connectivity index (χ2v) is 7.43. The van der Waals surface area contributed by atoms with E-state index in [0.717, 1.165) is 37.0 Å². The molecule has 0 amide bonds. The average Bonchev–Trinajstić information content (AvgIpc) is 2.89. The van der Waals surface area contributed by atoms with Crippen LogP contribution in [0.1, 0.15) is 32.6 Å². The number of nitrogens with two attached hydrogens (primary N) is 1. The summed E-state index contributed by atoms with van der Waals surface area (Å²) in [6.07, 6.45) is 4.34. The van der Waals surface area contributed by atoms with Crippen molar-refractivity contribution in [3.8, 4) is 0 Å². The lowest BCUT2D eigenvalue weighted by Crippen LogP contribution is -2.30. The number of aromatic nitrogens is 2. The fourth-order valence-corrected chi connectivity index (χ4v) is 3.84. The Labute approximate surface area is 105 Å². The highest BCUT2D eigenvalue weighted by atomic mass is 32.2. The van der Waals surface area contributed by atoms with Gasteiger partial charge in [0.25, 0.3) is 10.0 Å². The fraction of sp³-hybridized carbons (Fsp3) is 0.778. The minimum absolute atomic E-state index is 0.0534. The molecule has 0 atom stereocenters. The molecule has 0 bridgehead atoms. The standard InChI is InChI=1S/C9H16N4O2S2/c1-2-3-9(4-5-9)6-11-17(14,15)8-13-12-7(10)16-8/h11H,2-6H2,1H3,(H2,10,12). The van der Waals surface area contributed by atoms with E-state index in [2.05, 4.69) is 21.8 Å². The average molecular weight is 276 g/mol. The highest BCUT2D eigenvalue weighted by molar-refractivity contribution is 7.91. The van der Waals surface area contributed by atoms with Gasteiger partial charge in [0.2, 0.25) is 9.47 Å². The summed E-state index contributed by atoms with van der Waals surface area (Å²) in [6.45, 7) is 2.60. The number of rotatable bonds is 6. The van der Waals surface area contributed by atoms with Crippen molar-refractivity contribution in [2.24, 2.45) is 5.41 Å². The van der Waals surface area contributed by atoms with E-state index >= 15 is 0 Å². The molecule has 0 radical (unpaired) electrons. The largest absolute Gasteiger partial charge is 0.374 e. The van der Waals surface area contributed by atoms with Gasteiger partial charge in [0.15, 0.2) is 0 Å². The van der Waals surface area contributed by atoms with Crippen molar-refractivity contribution in [1.82, 2.24) is 14.9 Å². The number of hydrogen-bond donors (Lipinski definition) is 2. The van der Waals surface area contributed by atoms with Gasteiger partial charge in [-0.3, -0.25) is 0 Å². The normalized spacial score (nSPS) is 18.2. The van der Waals surface area contributed by atoms with Crippen LogP contribution in [0.15, 0.2) is 4.34 Å². The molecule has 1 heterocycles. The zero-order valence-electron chi connectivity index (χ0n) is 9.64. The summed E-state index contributed by atoms with van der Waals surface area (Å²) >= 11 is 0.884. The fourth-order valence-electron chi connectivity index (χ4n) is 1.86. The second-order valence-electron chi connectivity index (χ2n) is 4.48. The third-order valence-electron chi connectivity index (χ3n) is 3.03. The van der Waals surface area contributed by atoms with Gasteiger partial charge in [0.1, 0.15) is 0 Å². The van der Waals surface area contributed by atoms with Crippen molar-refractivity contribution < 1.29 is 8.42 Å². The Morgan fingerprint density at radius 3 is 2.65 bits per heavy atom. The molecule has 0 aliphatic heterocycles. The summed E-state index contributed by atoms with van der Waals surface area (Å²) in [5, 5.41) is 7.22. The van der Waals surface area contributed by atoms with Crippen molar-refractivity contribution in [3.05, 3.63) is 0 Å². The minimum atomic E-state index is -3.54. The van der Waals surface area contributed by atoms with Crippen LogP contribution in [0.2, 0.25) is 0 Å². The topological polar surface area (TPSA) is 98.0 Å². The number of sulfonamides is 1. The molecule has 1 fully saturated rings. The van der Waals surface area contributed by atoms with Crippen LogP contribution in [-0.2, 0) is 10.0 Å². The van der Waals surface area contributed by atoms with Gasteiger partial charge in [-0.05, 0) is 24.7 Å². The summed E-state index contributed by atoms with van der Waals surface area (Å²) in [5.41, 5.74) is 5.55. The second kappa shape index (κ2) is 4.51. The first-order chi connectivity index (χ1) is 7.97. The number of nitrogen functional groups attached to an aromatic ring is 1. The van der Waals surface area contributed by atoms with Crippen molar-refractivity contribution in [1.29, 1.82) is 0 Å². The van der Waals surface area contributed by atoms with Crippen molar-refractivity contribution in [3.63, 3.8) is 0 Å². The molecule has 1 aromatic heterocycles. The van der Waals surface area contributed by atoms with E-state index in [-0.39, 0.29) is 14.9 Å². The SMILES string of the molecule is CCCC1(CNS(=O)(=O)c2nnc(N)s2)CC1. The lowest BCUT2D eigenvalue weighted by atomic mass is 10.0. The zero-order chi connectivity index (χ0) is 12.5.